The van der Waals surface area contributed by atoms with Crippen LogP contribution < -0.4 is 0 Å². The predicted octanol–water partition coefficient (Wildman–Crippen LogP) is 0.178. The maximum Gasteiger partial charge on any atom is 0.303 e. The van der Waals surface area contributed by atoms with E-state index < -0.39 is 5.97 Å². The highest BCUT2D eigenvalue weighted by Crippen LogP contribution is 2.19. The molecule has 1 rings (SSSR count). The topological polar surface area (TPSA) is 77.9 Å². The Morgan fingerprint density at radius 1 is 1.50 bits per heavy atom. The molecule has 102 valence electrons. The van der Waals surface area contributed by atoms with Crippen LogP contribution in [0.3, 0.4) is 0 Å². The lowest BCUT2D eigenvalue weighted by Crippen LogP contribution is -2.42. The highest BCUT2D eigenvalue weighted by atomic mass is 16.4. The number of hydrogen-bond donors (Lipinski definition) is 1. The van der Waals surface area contributed by atoms with Crippen molar-refractivity contribution >= 4 is 17.8 Å². The van der Waals surface area contributed by atoms with E-state index in [0.29, 0.717) is 25.9 Å². The molecule has 0 aromatic rings. The maximum atomic E-state index is 12.0. The SMILES string of the molecule is CN1CC[C@@H](C(=O)N(C)CCCC(=O)O)CC1=O. The lowest BCUT2D eigenvalue weighted by molar-refractivity contribution is -0.143. The summed E-state index contributed by atoms with van der Waals surface area (Å²) in [4.78, 5) is 37.1. The molecule has 1 saturated heterocycles. The molecule has 1 fully saturated rings. The van der Waals surface area contributed by atoms with Crippen molar-refractivity contribution in [1.82, 2.24) is 9.80 Å². The first-order chi connectivity index (χ1) is 8.41. The van der Waals surface area contributed by atoms with E-state index >= 15 is 0 Å². The van der Waals surface area contributed by atoms with Crippen LogP contribution in [0.4, 0.5) is 0 Å². The van der Waals surface area contributed by atoms with Gasteiger partial charge in [-0.25, -0.2) is 0 Å². The number of carbonyl (C=O) groups is 3. The van der Waals surface area contributed by atoms with Crippen LogP contribution in [0.25, 0.3) is 0 Å². The molecule has 0 radical (unpaired) electrons. The van der Waals surface area contributed by atoms with Gasteiger partial charge in [0.05, 0.1) is 0 Å². The van der Waals surface area contributed by atoms with Gasteiger partial charge >= 0.3 is 5.97 Å². The third kappa shape index (κ3) is 4.01. The average molecular weight is 256 g/mol. The fraction of sp³-hybridized carbons (Fsp3) is 0.750. The minimum absolute atomic E-state index is 0.00136. The summed E-state index contributed by atoms with van der Waals surface area (Å²) in [5, 5.41) is 8.52. The smallest absolute Gasteiger partial charge is 0.303 e. The number of carbonyl (C=O) groups excluding carboxylic acids is 2. The number of carboxylic acids is 1. The van der Waals surface area contributed by atoms with E-state index in [9.17, 15) is 14.4 Å². The number of hydrogen-bond acceptors (Lipinski definition) is 3. The maximum absolute atomic E-state index is 12.0. The van der Waals surface area contributed by atoms with E-state index in [1.54, 1.807) is 19.0 Å². The molecule has 0 aromatic carbocycles. The van der Waals surface area contributed by atoms with Gasteiger partial charge in [0, 0.05) is 45.9 Å². The van der Waals surface area contributed by atoms with Crippen LogP contribution in [0, 0.1) is 5.92 Å². The fourth-order valence-electron chi connectivity index (χ4n) is 2.04. The van der Waals surface area contributed by atoms with Crippen LogP contribution in [0.5, 0.6) is 0 Å². The summed E-state index contributed by atoms with van der Waals surface area (Å²) in [5.74, 6) is -1.16. The van der Waals surface area contributed by atoms with Gasteiger partial charge in [-0.2, -0.15) is 0 Å². The minimum Gasteiger partial charge on any atom is -0.481 e. The van der Waals surface area contributed by atoms with Gasteiger partial charge in [-0.3, -0.25) is 14.4 Å². The molecule has 0 aromatic heterocycles. The van der Waals surface area contributed by atoms with Crippen molar-refractivity contribution in [3.8, 4) is 0 Å². The summed E-state index contributed by atoms with van der Waals surface area (Å²) in [6.07, 6.45) is 1.45. The summed E-state index contributed by atoms with van der Waals surface area (Å²) in [6, 6.07) is 0. The van der Waals surface area contributed by atoms with E-state index in [2.05, 4.69) is 0 Å². The van der Waals surface area contributed by atoms with Crippen molar-refractivity contribution in [2.45, 2.75) is 25.7 Å². The van der Waals surface area contributed by atoms with E-state index in [1.165, 1.54) is 4.90 Å². The molecule has 0 bridgehead atoms. The number of aliphatic carboxylic acids is 1. The molecular formula is C12H20N2O4. The molecule has 1 atom stereocenters. The van der Waals surface area contributed by atoms with Crippen molar-refractivity contribution in [3.63, 3.8) is 0 Å². The molecule has 1 aliphatic heterocycles. The highest BCUT2D eigenvalue weighted by molar-refractivity contribution is 5.86. The molecule has 6 nitrogen and oxygen atoms in total. The summed E-state index contributed by atoms with van der Waals surface area (Å²) in [6.45, 7) is 1.03. The van der Waals surface area contributed by atoms with Gasteiger partial charge in [0.2, 0.25) is 11.8 Å². The molecule has 1 aliphatic rings. The number of carboxylic acid groups (broad SMARTS) is 1. The quantitative estimate of drug-likeness (QED) is 0.761. The van der Waals surface area contributed by atoms with Gasteiger partial charge in [0.25, 0.3) is 0 Å². The molecule has 1 N–H and O–H groups in total. The minimum atomic E-state index is -0.856. The summed E-state index contributed by atoms with van der Waals surface area (Å²) >= 11 is 0. The Bertz CT molecular complexity index is 343. The van der Waals surface area contributed by atoms with E-state index in [-0.39, 0.29) is 30.6 Å². The normalized spacial score (nSPS) is 19.8. The zero-order chi connectivity index (χ0) is 13.7. The molecule has 0 saturated carbocycles. The standard InChI is InChI=1S/C12H20N2O4/c1-13-7-5-9(8-10(13)15)12(18)14(2)6-3-4-11(16)17/h9H,3-8H2,1-2H3,(H,16,17)/t9-/m1/s1. The zero-order valence-corrected chi connectivity index (χ0v) is 10.9. The van der Waals surface area contributed by atoms with E-state index in [1.807, 2.05) is 0 Å². The number of piperidine rings is 1. The molecule has 1 heterocycles. The summed E-state index contributed by atoms with van der Waals surface area (Å²) < 4.78 is 0. The van der Waals surface area contributed by atoms with Crippen molar-refractivity contribution in [1.29, 1.82) is 0 Å². The number of amides is 2. The highest BCUT2D eigenvalue weighted by Gasteiger charge is 2.30. The summed E-state index contributed by atoms with van der Waals surface area (Å²) in [5.41, 5.74) is 0. The number of likely N-dealkylation sites (tertiary alicyclic amines) is 1. The van der Waals surface area contributed by atoms with Gasteiger partial charge in [-0.15, -0.1) is 0 Å². The monoisotopic (exact) mass is 256 g/mol. The molecule has 6 heteroatoms. The van der Waals surface area contributed by atoms with Crippen molar-refractivity contribution in [2.24, 2.45) is 5.92 Å². The molecule has 0 unspecified atom stereocenters. The first-order valence-electron chi connectivity index (χ1n) is 6.12. The first kappa shape index (κ1) is 14.5. The summed E-state index contributed by atoms with van der Waals surface area (Å²) in [7, 11) is 3.40. The Kier molecular flexibility index (Phi) is 5.12. The van der Waals surface area contributed by atoms with Crippen molar-refractivity contribution < 1.29 is 19.5 Å². The van der Waals surface area contributed by atoms with Crippen LogP contribution in [0.1, 0.15) is 25.7 Å². The van der Waals surface area contributed by atoms with Gasteiger partial charge in [-0.05, 0) is 12.8 Å². The Morgan fingerprint density at radius 2 is 2.17 bits per heavy atom. The average Bonchev–Trinajstić information content (AvgIpc) is 2.31. The lowest BCUT2D eigenvalue weighted by Gasteiger charge is -2.30. The largest absolute Gasteiger partial charge is 0.481 e. The zero-order valence-electron chi connectivity index (χ0n) is 10.9. The van der Waals surface area contributed by atoms with Gasteiger partial charge in [-0.1, -0.05) is 0 Å². The van der Waals surface area contributed by atoms with Crippen LogP contribution in [0.2, 0.25) is 0 Å². The van der Waals surface area contributed by atoms with E-state index in [4.69, 9.17) is 5.11 Å². The Labute approximate surface area is 107 Å². The van der Waals surface area contributed by atoms with Gasteiger partial charge in [0.1, 0.15) is 0 Å². The van der Waals surface area contributed by atoms with Gasteiger partial charge < -0.3 is 14.9 Å². The second kappa shape index (κ2) is 6.37. The van der Waals surface area contributed by atoms with Gasteiger partial charge in [0.15, 0.2) is 0 Å². The second-order valence-electron chi connectivity index (χ2n) is 4.76. The van der Waals surface area contributed by atoms with Crippen LogP contribution >= 0.6 is 0 Å². The fourth-order valence-corrected chi connectivity index (χ4v) is 2.04. The van der Waals surface area contributed by atoms with Crippen LogP contribution in [-0.4, -0.2) is 59.9 Å². The van der Waals surface area contributed by atoms with Crippen molar-refractivity contribution in [2.75, 3.05) is 27.2 Å². The van der Waals surface area contributed by atoms with E-state index in [0.717, 1.165) is 0 Å². The van der Waals surface area contributed by atoms with Crippen LogP contribution in [0.15, 0.2) is 0 Å². The number of rotatable bonds is 5. The first-order valence-corrected chi connectivity index (χ1v) is 6.12. The molecular weight excluding hydrogens is 236 g/mol. The predicted molar refractivity (Wildman–Crippen MR) is 64.9 cm³/mol. The molecule has 18 heavy (non-hydrogen) atoms. The third-order valence-electron chi connectivity index (χ3n) is 3.27. The Balaban J connectivity index is 2.39. The van der Waals surface area contributed by atoms with Crippen LogP contribution in [-0.2, 0) is 14.4 Å². The second-order valence-corrected chi connectivity index (χ2v) is 4.76. The molecule has 2 amide bonds. The Hall–Kier alpha value is -1.59. The molecule has 0 spiro atoms. The third-order valence-corrected chi connectivity index (χ3v) is 3.27. The Morgan fingerprint density at radius 3 is 2.72 bits per heavy atom. The molecule has 0 aliphatic carbocycles. The lowest BCUT2D eigenvalue weighted by atomic mass is 9.95. The van der Waals surface area contributed by atoms with Crippen molar-refractivity contribution in [3.05, 3.63) is 0 Å². The number of nitrogens with zero attached hydrogens (tertiary/aromatic N) is 2.